The van der Waals surface area contributed by atoms with E-state index >= 15 is 0 Å². The summed E-state index contributed by atoms with van der Waals surface area (Å²) >= 11 is 0. The van der Waals surface area contributed by atoms with Crippen LogP contribution in [0, 0.1) is 6.92 Å². The summed E-state index contributed by atoms with van der Waals surface area (Å²) in [5.41, 5.74) is 0.393. The van der Waals surface area contributed by atoms with Gasteiger partial charge in [0.25, 0.3) is 5.91 Å². The Bertz CT molecular complexity index is 548. The van der Waals surface area contributed by atoms with Crippen LogP contribution in [-0.4, -0.2) is 17.6 Å². The van der Waals surface area contributed by atoms with E-state index < -0.39 is 29.4 Å². The van der Waals surface area contributed by atoms with Gasteiger partial charge in [0.2, 0.25) is 0 Å². The quantitative estimate of drug-likeness (QED) is 0.824. The van der Waals surface area contributed by atoms with Crippen LogP contribution < -0.4 is 11.1 Å². The van der Waals surface area contributed by atoms with Crippen LogP contribution in [0.3, 0.4) is 0 Å². The van der Waals surface area contributed by atoms with Crippen LogP contribution >= 0.6 is 0 Å². The Hall–Kier alpha value is -1.77. The van der Waals surface area contributed by atoms with Gasteiger partial charge in [-0.05, 0) is 31.5 Å². The number of carbonyl (C=O) groups is 1. The van der Waals surface area contributed by atoms with Gasteiger partial charge in [-0.2, -0.15) is 26.3 Å². The molecule has 1 atom stereocenters. The fourth-order valence-corrected chi connectivity index (χ4v) is 1.31. The molecule has 0 saturated heterocycles. The standard InChI is InChI=1S/C12H12F6N2O/c1-6-3-4-7(11(13,14)15)5-8(6)20-9(21)10(2,19)12(16,17)18/h3-5H,19H2,1-2H3,(H,20,21). The first-order valence-corrected chi connectivity index (χ1v) is 5.61. The molecule has 1 unspecified atom stereocenters. The molecule has 0 radical (unpaired) electrons. The SMILES string of the molecule is Cc1ccc(C(F)(F)F)cc1NC(=O)C(C)(N)C(F)(F)F. The van der Waals surface area contributed by atoms with Crippen molar-refractivity contribution in [1.29, 1.82) is 0 Å². The zero-order chi connectivity index (χ0) is 16.6. The van der Waals surface area contributed by atoms with E-state index in [9.17, 15) is 31.1 Å². The van der Waals surface area contributed by atoms with Crippen molar-refractivity contribution in [3.63, 3.8) is 0 Å². The van der Waals surface area contributed by atoms with Crippen LogP contribution in [0.15, 0.2) is 18.2 Å². The molecule has 1 amide bonds. The number of amides is 1. The van der Waals surface area contributed by atoms with Crippen LogP contribution in [-0.2, 0) is 11.0 Å². The number of alkyl halides is 6. The van der Waals surface area contributed by atoms with Crippen LogP contribution in [0.5, 0.6) is 0 Å². The summed E-state index contributed by atoms with van der Waals surface area (Å²) < 4.78 is 75.4. The van der Waals surface area contributed by atoms with E-state index in [-0.39, 0.29) is 11.3 Å². The molecule has 0 spiro atoms. The summed E-state index contributed by atoms with van der Waals surface area (Å²) in [5.74, 6) is -1.64. The number of halogens is 6. The molecule has 9 heteroatoms. The number of rotatable bonds is 2. The first-order valence-electron chi connectivity index (χ1n) is 5.61. The molecular formula is C12H12F6N2O. The number of nitrogens with one attached hydrogen (secondary N) is 1. The van der Waals surface area contributed by atoms with E-state index in [0.717, 1.165) is 12.1 Å². The van der Waals surface area contributed by atoms with E-state index in [0.29, 0.717) is 13.0 Å². The number of benzene rings is 1. The van der Waals surface area contributed by atoms with Gasteiger partial charge in [-0.25, -0.2) is 0 Å². The topological polar surface area (TPSA) is 55.1 Å². The highest BCUT2D eigenvalue weighted by atomic mass is 19.4. The van der Waals surface area contributed by atoms with Crippen molar-refractivity contribution in [3.8, 4) is 0 Å². The third kappa shape index (κ3) is 3.66. The molecule has 21 heavy (non-hydrogen) atoms. The maximum absolute atomic E-state index is 12.6. The first-order chi connectivity index (χ1) is 9.26. The Balaban J connectivity index is 3.12. The predicted octanol–water partition coefficient (Wildman–Crippen LogP) is 3.23. The maximum atomic E-state index is 12.6. The molecule has 0 aliphatic carbocycles. The van der Waals surface area contributed by atoms with Crippen molar-refractivity contribution in [2.24, 2.45) is 5.73 Å². The number of anilines is 1. The van der Waals surface area contributed by atoms with Crippen LogP contribution in [0.25, 0.3) is 0 Å². The normalized spacial score (nSPS) is 15.5. The lowest BCUT2D eigenvalue weighted by molar-refractivity contribution is -0.184. The number of nitrogens with two attached hydrogens (primary N) is 1. The third-order valence-corrected chi connectivity index (χ3v) is 2.87. The average molecular weight is 314 g/mol. The molecule has 3 nitrogen and oxygen atoms in total. The Labute approximate surface area is 116 Å². The molecule has 0 saturated carbocycles. The van der Waals surface area contributed by atoms with Gasteiger partial charge in [-0.1, -0.05) is 6.07 Å². The number of hydrogen-bond donors (Lipinski definition) is 2. The zero-order valence-corrected chi connectivity index (χ0v) is 11.0. The minimum Gasteiger partial charge on any atom is -0.324 e. The van der Waals surface area contributed by atoms with Crippen molar-refractivity contribution in [3.05, 3.63) is 29.3 Å². The largest absolute Gasteiger partial charge is 0.416 e. The number of aryl methyl sites for hydroxylation is 1. The van der Waals surface area contributed by atoms with Gasteiger partial charge in [0.1, 0.15) is 0 Å². The highest BCUT2D eigenvalue weighted by molar-refractivity contribution is 5.98. The van der Waals surface area contributed by atoms with Crippen LogP contribution in [0.2, 0.25) is 0 Å². The monoisotopic (exact) mass is 314 g/mol. The molecule has 0 bridgehead atoms. The molecule has 0 fully saturated rings. The lowest BCUT2D eigenvalue weighted by Crippen LogP contribution is -2.59. The highest BCUT2D eigenvalue weighted by Gasteiger charge is 2.54. The van der Waals surface area contributed by atoms with E-state index in [1.165, 1.54) is 6.92 Å². The minimum absolute atomic E-state index is 0.175. The fraction of sp³-hybridized carbons (Fsp3) is 0.417. The summed E-state index contributed by atoms with van der Waals surface area (Å²) in [6.45, 7) is 1.78. The molecule has 1 rings (SSSR count). The van der Waals surface area contributed by atoms with Gasteiger partial charge in [0.05, 0.1) is 5.56 Å². The van der Waals surface area contributed by atoms with Crippen molar-refractivity contribution < 1.29 is 31.1 Å². The van der Waals surface area contributed by atoms with Crippen molar-refractivity contribution in [2.75, 3.05) is 5.32 Å². The van der Waals surface area contributed by atoms with Gasteiger partial charge in [-0.3, -0.25) is 4.79 Å². The fourth-order valence-electron chi connectivity index (χ4n) is 1.31. The summed E-state index contributed by atoms with van der Waals surface area (Å²) in [6.07, 6.45) is -9.71. The molecule has 0 aromatic heterocycles. The minimum atomic E-state index is -5.04. The predicted molar refractivity (Wildman–Crippen MR) is 63.5 cm³/mol. The average Bonchev–Trinajstić information content (AvgIpc) is 2.28. The maximum Gasteiger partial charge on any atom is 0.416 e. The van der Waals surface area contributed by atoms with Gasteiger partial charge < -0.3 is 11.1 Å². The molecule has 0 heterocycles. The van der Waals surface area contributed by atoms with Gasteiger partial charge in [0, 0.05) is 5.69 Å². The lowest BCUT2D eigenvalue weighted by atomic mass is 10.0. The van der Waals surface area contributed by atoms with E-state index in [2.05, 4.69) is 0 Å². The second kappa shape index (κ2) is 5.21. The zero-order valence-electron chi connectivity index (χ0n) is 11.0. The second-order valence-electron chi connectivity index (χ2n) is 4.68. The highest BCUT2D eigenvalue weighted by Crippen LogP contribution is 2.33. The Morgan fingerprint density at radius 1 is 1.14 bits per heavy atom. The molecule has 1 aromatic rings. The lowest BCUT2D eigenvalue weighted by Gasteiger charge is -2.26. The van der Waals surface area contributed by atoms with E-state index in [1.807, 2.05) is 0 Å². The Morgan fingerprint density at radius 3 is 2.10 bits per heavy atom. The van der Waals surface area contributed by atoms with Gasteiger partial charge in [0.15, 0.2) is 5.54 Å². The van der Waals surface area contributed by atoms with Crippen molar-refractivity contribution >= 4 is 11.6 Å². The van der Waals surface area contributed by atoms with Gasteiger partial charge >= 0.3 is 12.4 Å². The smallest absolute Gasteiger partial charge is 0.324 e. The Morgan fingerprint density at radius 2 is 1.67 bits per heavy atom. The van der Waals surface area contributed by atoms with E-state index in [4.69, 9.17) is 5.73 Å². The van der Waals surface area contributed by atoms with Gasteiger partial charge in [-0.15, -0.1) is 0 Å². The summed E-state index contributed by atoms with van der Waals surface area (Å²) in [7, 11) is 0. The Kier molecular flexibility index (Phi) is 4.29. The molecule has 1 aromatic carbocycles. The van der Waals surface area contributed by atoms with Crippen molar-refractivity contribution in [1.82, 2.24) is 0 Å². The molecular weight excluding hydrogens is 302 g/mol. The van der Waals surface area contributed by atoms with Crippen molar-refractivity contribution in [2.45, 2.75) is 31.7 Å². The third-order valence-electron chi connectivity index (χ3n) is 2.87. The molecule has 0 aliphatic rings. The summed E-state index contributed by atoms with van der Waals surface area (Å²) in [6, 6.07) is 2.36. The van der Waals surface area contributed by atoms with Crippen LogP contribution in [0.4, 0.5) is 32.0 Å². The second-order valence-corrected chi connectivity index (χ2v) is 4.68. The molecule has 0 aliphatic heterocycles. The van der Waals surface area contributed by atoms with E-state index in [1.54, 1.807) is 5.32 Å². The first kappa shape index (κ1) is 17.3. The number of carbonyl (C=O) groups excluding carboxylic acids is 1. The summed E-state index contributed by atoms with van der Waals surface area (Å²) in [4.78, 5) is 11.6. The number of hydrogen-bond acceptors (Lipinski definition) is 2. The molecule has 3 N–H and O–H groups in total. The summed E-state index contributed by atoms with van der Waals surface area (Å²) in [5, 5.41) is 1.79. The molecule has 118 valence electrons. The van der Waals surface area contributed by atoms with Crippen LogP contribution in [0.1, 0.15) is 18.1 Å².